The Morgan fingerprint density at radius 3 is 0.915 bits per heavy atom. The lowest BCUT2D eigenvalue weighted by atomic mass is 9.36. The van der Waals surface area contributed by atoms with Crippen LogP contribution in [0.5, 0.6) is 40.2 Å². The minimum atomic E-state index is -2.28. The molecule has 15 heteroatoms. The molecule has 5 atom stereocenters. The highest BCUT2D eigenvalue weighted by atomic mass is 31.2. The van der Waals surface area contributed by atoms with Crippen molar-refractivity contribution in [1.29, 1.82) is 0 Å². The van der Waals surface area contributed by atoms with E-state index in [0.717, 1.165) is 133 Å². The van der Waals surface area contributed by atoms with Crippen molar-refractivity contribution < 1.29 is 54.9 Å². The number of hydrogen-bond acceptors (Lipinski definition) is 12. The molecule has 7 aliphatic rings. The average Bonchev–Trinajstić information content (AvgIpc) is 1.35. The predicted molar refractivity (Wildman–Crippen MR) is 553 cm³/mol. The van der Waals surface area contributed by atoms with Gasteiger partial charge in [0.25, 0.3) is 0 Å². The van der Waals surface area contributed by atoms with Gasteiger partial charge in [-0.15, -0.1) is 0 Å². The van der Waals surface area contributed by atoms with E-state index in [2.05, 4.69) is 145 Å². The van der Waals surface area contributed by atoms with Crippen LogP contribution in [0.1, 0.15) is 576 Å². The predicted octanol–water partition coefficient (Wildman–Crippen LogP) is 40.4. The molecule has 5 unspecified atom stereocenters. The second kappa shape index (κ2) is 60.4. The first-order valence-corrected chi connectivity index (χ1v) is 59.5. The number of unbranched alkanes of at least 4 members (excludes halogenated alkanes) is 60. The van der Waals surface area contributed by atoms with Crippen molar-refractivity contribution in [2.24, 2.45) is 21.7 Å². The van der Waals surface area contributed by atoms with E-state index in [1.54, 1.807) is 0 Å². The van der Waals surface area contributed by atoms with E-state index in [1.807, 2.05) is 0 Å². The molecule has 8 bridgehead atoms. The second-order valence-corrected chi connectivity index (χ2v) is 47.6. The van der Waals surface area contributed by atoms with Crippen molar-refractivity contribution in [2.45, 2.75) is 588 Å². The summed E-state index contributed by atoms with van der Waals surface area (Å²) < 4.78 is 91.7. The van der Waals surface area contributed by atoms with Gasteiger partial charge in [0, 0.05) is 10.8 Å². The Morgan fingerprint density at radius 1 is 0.292 bits per heavy atom. The number of ether oxygens (including phenoxy) is 3. The first kappa shape index (κ1) is 111. The maximum atomic E-state index is 9.26. The molecule has 3 fully saturated rings. The summed E-state index contributed by atoms with van der Waals surface area (Å²) in [5.41, 5.74) is -0.968. The van der Waals surface area contributed by atoms with Crippen molar-refractivity contribution in [3.63, 3.8) is 0 Å². The first-order valence-electron chi connectivity index (χ1n) is 56.2. The van der Waals surface area contributed by atoms with Gasteiger partial charge < -0.3 is 32.3 Å². The number of hydrogen-bond donors (Lipinski definition) is 0. The van der Waals surface area contributed by atoms with Crippen LogP contribution in [-0.4, -0.2) is 31.1 Å². The molecule has 0 amide bonds. The van der Waals surface area contributed by atoms with Gasteiger partial charge in [0.05, 0.1) is 24.4 Å². The van der Waals surface area contributed by atoms with E-state index in [1.165, 1.54) is 358 Å². The van der Waals surface area contributed by atoms with Crippen LogP contribution < -0.4 is 32.3 Å². The normalized spacial score (nSPS) is 21.4. The van der Waals surface area contributed by atoms with Crippen molar-refractivity contribution in [1.82, 2.24) is 0 Å². The summed E-state index contributed by atoms with van der Waals surface area (Å²) in [5, 5.41) is 0. The van der Waals surface area contributed by atoms with E-state index in [0.29, 0.717) is 42.0 Å². The largest absolute Gasteiger partial charge is 0.493 e. The number of benzene rings is 3. The van der Waals surface area contributed by atoms with Crippen molar-refractivity contribution in [3.8, 4) is 40.2 Å². The van der Waals surface area contributed by atoms with Gasteiger partial charge in [-0.3, -0.25) is 13.6 Å². The number of fused-ring (bicyclic) bond motifs is 3. The standard InChI is InChI=1S/C115H199O12P3/c1-15-21-27-33-39-45-51-57-63-69-75-87-111(88-76-70-64-58-52-46-40-34-28-22-16-2)113(91-79-73-67-61-55-49-43-37-31-25-19-5,97-83-81-85-99(93-97)116-95-108(7,8)9)101-102-104-106(105-103(101)120-129(121-105)126-115(118-104)110(13,14)107-123-130(124-107)127-115)122-128(119-102)125-112(89-77-71-65-59-53-47-41-35-29-23-17-3,90-78-72-66-60-54-48-42-36-30-24-18-4)114(111,92-80-74-68-62-56-50-44-38-32-26-20-6)98-84-82-86-100(94-98)117-96-109(10,11)12/h81-86,93-94,107H,15-80,87-92,95-96H2,1-14H3. The molecular weight excluding hydrogens is 1670 g/mol. The molecule has 3 aromatic rings. The van der Waals surface area contributed by atoms with Gasteiger partial charge in [0.1, 0.15) is 16.9 Å². The Kier molecular flexibility index (Phi) is 51.5. The molecule has 10 rings (SSSR count). The third-order valence-electron chi connectivity index (χ3n) is 30.5. The Labute approximate surface area is 804 Å². The Morgan fingerprint density at radius 2 is 0.569 bits per heavy atom. The lowest BCUT2D eigenvalue weighted by Crippen LogP contribution is -2.68. The molecule has 746 valence electrons. The molecular formula is C115H199O12P3. The van der Waals surface area contributed by atoms with Gasteiger partial charge in [-0.25, -0.2) is 9.05 Å². The third kappa shape index (κ3) is 33.3. The maximum Gasteiger partial charge on any atom is 0.468 e. The topological polar surface area (TPSA) is 111 Å². The fraction of sp³-hybridized carbons (Fsp3) is 0.843. The fourth-order valence-corrected chi connectivity index (χ4v) is 27.1. The molecule has 0 aliphatic carbocycles. The monoisotopic (exact) mass is 1870 g/mol. The zero-order chi connectivity index (χ0) is 92.6. The molecule has 130 heavy (non-hydrogen) atoms. The van der Waals surface area contributed by atoms with Crippen LogP contribution in [0.2, 0.25) is 0 Å². The van der Waals surface area contributed by atoms with Crippen LogP contribution in [0, 0.1) is 21.7 Å². The molecule has 12 nitrogen and oxygen atoms in total. The number of rotatable bonds is 78. The lowest BCUT2D eigenvalue weighted by Gasteiger charge is -2.67. The molecule has 7 heterocycles. The van der Waals surface area contributed by atoms with Crippen molar-refractivity contribution in [3.05, 3.63) is 65.2 Å². The van der Waals surface area contributed by atoms with Gasteiger partial charge in [-0.2, -0.15) is 0 Å². The molecule has 7 aliphatic heterocycles. The van der Waals surface area contributed by atoms with Crippen LogP contribution in [0.3, 0.4) is 0 Å². The van der Waals surface area contributed by atoms with E-state index >= 15 is 0 Å². The van der Waals surface area contributed by atoms with Gasteiger partial charge >= 0.3 is 31.8 Å². The summed E-state index contributed by atoms with van der Waals surface area (Å²) in [4.78, 5) is 0. The zero-order valence-corrected chi connectivity index (χ0v) is 89.4. The smallest absolute Gasteiger partial charge is 0.468 e. The van der Waals surface area contributed by atoms with Crippen LogP contribution in [0.25, 0.3) is 0 Å². The third-order valence-corrected chi connectivity index (χ3v) is 33.8. The zero-order valence-electron chi connectivity index (χ0n) is 86.8. The Bertz CT molecular complexity index is 3420. The summed E-state index contributed by atoms with van der Waals surface area (Å²) in [7, 11) is -6.39. The van der Waals surface area contributed by atoms with E-state index in [4.69, 9.17) is 50.4 Å². The minimum absolute atomic E-state index is 0.0920. The van der Waals surface area contributed by atoms with Crippen LogP contribution in [0.4, 0.5) is 0 Å². The molecule has 0 saturated carbocycles. The quantitative estimate of drug-likeness (QED) is 0.0396. The average molecular weight is 1870 g/mol. The summed E-state index contributed by atoms with van der Waals surface area (Å²) in [6, 6.07) is 19.8. The van der Waals surface area contributed by atoms with Gasteiger partial charge in [-0.1, -0.05) is 531 Å². The van der Waals surface area contributed by atoms with E-state index in [-0.39, 0.29) is 10.8 Å². The molecule has 0 aromatic heterocycles. The molecule has 3 saturated heterocycles. The highest BCUT2D eigenvalue weighted by Crippen LogP contribution is 2.83. The second-order valence-electron chi connectivity index (χ2n) is 44.6. The minimum Gasteiger partial charge on any atom is -0.493 e. The van der Waals surface area contributed by atoms with E-state index in [9.17, 15) is 4.52 Å². The SMILES string of the molecule is CCCCCCCCCCCCCC1(CCCCCCCCCCCCC)OP2Oc3c4c(c(c5c3OP(O5)OC3(O4)OP4OC(O4)C3(C)C)C(CCCCCCCCCCCCC)(c3cccc(OCC(C)(C)C)c3)C(CCCCCCCCCCCCC)(CCCCCCCCCCCCC)C1(CCCCCCCCCCCCC)c1cccc(OCC(C)(C)C)c1)O2. The summed E-state index contributed by atoms with van der Waals surface area (Å²) in [5.74, 6) is 2.78. The Hall–Kier alpha value is -2.65. The van der Waals surface area contributed by atoms with Crippen LogP contribution in [0.15, 0.2) is 48.5 Å². The highest BCUT2D eigenvalue weighted by molar-refractivity contribution is 7.44. The van der Waals surface area contributed by atoms with Gasteiger partial charge in [0.15, 0.2) is 17.8 Å². The van der Waals surface area contributed by atoms with E-state index < -0.39 is 65.3 Å². The van der Waals surface area contributed by atoms with Crippen molar-refractivity contribution >= 4 is 25.8 Å². The van der Waals surface area contributed by atoms with Gasteiger partial charge in [0.2, 0.25) is 17.2 Å². The fourth-order valence-electron chi connectivity index (χ4n) is 22.9. The molecule has 1 spiro atoms. The van der Waals surface area contributed by atoms with Gasteiger partial charge in [-0.05, 0) is 104 Å². The maximum absolute atomic E-state index is 9.26. The lowest BCUT2D eigenvalue weighted by molar-refractivity contribution is -0.404. The summed E-state index contributed by atoms with van der Waals surface area (Å²) in [6.45, 7) is 33.4. The van der Waals surface area contributed by atoms with Crippen molar-refractivity contribution in [2.75, 3.05) is 13.2 Å². The van der Waals surface area contributed by atoms with Crippen LogP contribution >= 0.6 is 25.8 Å². The molecule has 0 N–H and O–H groups in total. The summed E-state index contributed by atoms with van der Waals surface area (Å²) in [6.07, 6.45) is 87.9. The van der Waals surface area contributed by atoms with Crippen LogP contribution in [-0.2, 0) is 33.4 Å². The first-order chi connectivity index (χ1) is 63.3. The summed E-state index contributed by atoms with van der Waals surface area (Å²) >= 11 is 0. The molecule has 3 aromatic carbocycles. The molecule has 0 radical (unpaired) electrons. The Balaban J connectivity index is 1.42. The highest BCUT2D eigenvalue weighted by Gasteiger charge is 2.76.